The summed E-state index contributed by atoms with van der Waals surface area (Å²) < 4.78 is 5.34. The normalized spacial score (nSPS) is 11.4. The zero-order valence-corrected chi connectivity index (χ0v) is 15.9. The number of amides is 1. The molecule has 0 atom stereocenters. The smallest absolute Gasteiger partial charge is 0.243 e. The lowest BCUT2D eigenvalue weighted by Gasteiger charge is -2.22. The van der Waals surface area contributed by atoms with E-state index in [9.17, 15) is 4.79 Å². The van der Waals surface area contributed by atoms with Gasteiger partial charge in [0.25, 0.3) is 0 Å². The Kier molecular flexibility index (Phi) is 10.0. The van der Waals surface area contributed by atoms with Gasteiger partial charge in [0.1, 0.15) is 6.54 Å². The molecule has 1 rings (SSSR count). The van der Waals surface area contributed by atoms with E-state index in [2.05, 4.69) is 15.3 Å². The number of likely N-dealkylation sites (N-methyl/N-ethyl adjacent to an activating group) is 2. The van der Waals surface area contributed by atoms with Crippen LogP contribution in [0.5, 0.6) is 0 Å². The molecule has 0 aliphatic heterocycles. The molecule has 0 radical (unpaired) electrons. The highest BCUT2D eigenvalue weighted by atomic mass is 32.1. The molecule has 0 saturated heterocycles. The van der Waals surface area contributed by atoms with Gasteiger partial charge in [-0.3, -0.25) is 4.79 Å². The van der Waals surface area contributed by atoms with Crippen LogP contribution in [0, 0.1) is 0 Å². The van der Waals surface area contributed by atoms with Gasteiger partial charge in [-0.15, -0.1) is 11.3 Å². The van der Waals surface area contributed by atoms with Crippen LogP contribution in [0.15, 0.2) is 16.6 Å². The predicted octanol–water partition coefficient (Wildman–Crippen LogP) is 1.08. The van der Waals surface area contributed by atoms with Crippen molar-refractivity contribution in [2.45, 2.75) is 19.8 Å². The summed E-state index contributed by atoms with van der Waals surface area (Å²) in [7, 11) is 5.44. The quantitative estimate of drug-likeness (QED) is 0.386. The Balaban J connectivity index is 2.53. The predicted molar refractivity (Wildman–Crippen MR) is 98.6 cm³/mol. The number of guanidine groups is 1. The van der Waals surface area contributed by atoms with Crippen molar-refractivity contribution in [3.63, 3.8) is 0 Å². The van der Waals surface area contributed by atoms with Crippen molar-refractivity contribution in [1.82, 2.24) is 20.1 Å². The lowest BCUT2D eigenvalue weighted by Crippen LogP contribution is -2.41. The van der Waals surface area contributed by atoms with E-state index in [4.69, 9.17) is 4.74 Å². The zero-order valence-electron chi connectivity index (χ0n) is 15.1. The Morgan fingerprint density at radius 3 is 2.83 bits per heavy atom. The van der Waals surface area contributed by atoms with E-state index < -0.39 is 0 Å². The SMILES string of the molecule is CCOCCCNC(=NCC(=O)N(C)C)N(C)CCc1nccs1. The first-order valence-corrected chi connectivity index (χ1v) is 9.08. The second kappa shape index (κ2) is 11.8. The number of rotatable bonds is 10. The number of nitrogens with zero attached hydrogens (tertiary/aromatic N) is 4. The summed E-state index contributed by atoms with van der Waals surface area (Å²) in [6, 6.07) is 0. The molecule has 0 bridgehead atoms. The molecule has 0 aromatic carbocycles. The van der Waals surface area contributed by atoms with Crippen molar-refractivity contribution < 1.29 is 9.53 Å². The van der Waals surface area contributed by atoms with Gasteiger partial charge in [-0.25, -0.2) is 9.98 Å². The Morgan fingerprint density at radius 2 is 2.21 bits per heavy atom. The maximum absolute atomic E-state index is 11.8. The number of hydrogen-bond acceptors (Lipinski definition) is 5. The van der Waals surface area contributed by atoms with E-state index in [1.54, 1.807) is 30.3 Å². The lowest BCUT2D eigenvalue weighted by atomic mass is 10.4. The molecule has 24 heavy (non-hydrogen) atoms. The summed E-state index contributed by atoms with van der Waals surface area (Å²) in [6.45, 7) is 5.13. The number of ether oxygens (including phenoxy) is 1. The van der Waals surface area contributed by atoms with Crippen LogP contribution in [0.1, 0.15) is 18.4 Å². The largest absolute Gasteiger partial charge is 0.382 e. The third kappa shape index (κ3) is 8.26. The standard InChI is InChI=1S/C16H29N5O2S/c1-5-23-11-6-8-18-16(19-13-15(22)20(2)3)21(4)10-7-14-17-9-12-24-14/h9,12H,5-8,10-11,13H2,1-4H3,(H,18,19). The van der Waals surface area contributed by atoms with E-state index in [1.807, 2.05) is 30.4 Å². The van der Waals surface area contributed by atoms with Crippen molar-refractivity contribution in [3.05, 3.63) is 16.6 Å². The van der Waals surface area contributed by atoms with E-state index in [0.29, 0.717) is 0 Å². The average molecular weight is 356 g/mol. The third-order valence-corrected chi connectivity index (χ3v) is 4.16. The first-order chi connectivity index (χ1) is 11.5. The number of hydrogen-bond donors (Lipinski definition) is 1. The van der Waals surface area contributed by atoms with Gasteiger partial charge in [0, 0.05) is 65.4 Å². The number of aliphatic imine (C=N–C) groups is 1. The Labute approximate surface area is 148 Å². The second-order valence-corrected chi connectivity index (χ2v) is 6.48. The monoisotopic (exact) mass is 355 g/mol. The molecule has 0 spiro atoms. The van der Waals surface area contributed by atoms with Gasteiger partial charge in [-0.05, 0) is 13.3 Å². The number of carbonyl (C=O) groups is 1. The molecule has 1 heterocycles. The summed E-state index contributed by atoms with van der Waals surface area (Å²) in [5.74, 6) is 0.718. The molecular formula is C16H29N5O2S. The maximum Gasteiger partial charge on any atom is 0.243 e. The molecule has 0 aliphatic rings. The fourth-order valence-corrected chi connectivity index (χ4v) is 2.47. The zero-order chi connectivity index (χ0) is 17.8. The fraction of sp³-hybridized carbons (Fsp3) is 0.688. The number of thiazole rings is 1. The van der Waals surface area contributed by atoms with Crippen LogP contribution in [-0.2, 0) is 16.0 Å². The molecule has 1 aromatic rings. The summed E-state index contributed by atoms with van der Waals surface area (Å²) in [4.78, 5) is 24.1. The summed E-state index contributed by atoms with van der Waals surface area (Å²) in [6.07, 6.45) is 3.57. The minimum atomic E-state index is -0.0167. The summed E-state index contributed by atoms with van der Waals surface area (Å²) in [5.41, 5.74) is 0. The third-order valence-electron chi connectivity index (χ3n) is 3.32. The van der Waals surface area contributed by atoms with Crippen molar-refractivity contribution >= 4 is 23.2 Å². The molecule has 0 fully saturated rings. The molecule has 1 N–H and O–H groups in total. The van der Waals surface area contributed by atoms with Crippen molar-refractivity contribution in [2.75, 3.05) is 54.0 Å². The average Bonchev–Trinajstić information content (AvgIpc) is 3.08. The van der Waals surface area contributed by atoms with Gasteiger partial charge >= 0.3 is 0 Å². The molecule has 8 heteroatoms. The topological polar surface area (TPSA) is 70.1 Å². The summed E-state index contributed by atoms with van der Waals surface area (Å²) in [5, 5.41) is 6.39. The van der Waals surface area contributed by atoms with Crippen molar-refractivity contribution in [3.8, 4) is 0 Å². The van der Waals surface area contributed by atoms with Crippen molar-refractivity contribution in [2.24, 2.45) is 4.99 Å². The molecular weight excluding hydrogens is 326 g/mol. The first kappa shape index (κ1) is 20.4. The molecule has 7 nitrogen and oxygen atoms in total. The van der Waals surface area contributed by atoms with Crippen molar-refractivity contribution in [1.29, 1.82) is 0 Å². The Hall–Kier alpha value is -1.67. The van der Waals surface area contributed by atoms with Gasteiger partial charge in [0.2, 0.25) is 5.91 Å². The van der Waals surface area contributed by atoms with E-state index >= 15 is 0 Å². The van der Waals surface area contributed by atoms with Crippen LogP contribution < -0.4 is 5.32 Å². The summed E-state index contributed by atoms with van der Waals surface area (Å²) >= 11 is 1.65. The molecule has 0 unspecified atom stereocenters. The number of aromatic nitrogens is 1. The molecule has 136 valence electrons. The molecule has 1 amide bonds. The first-order valence-electron chi connectivity index (χ1n) is 8.20. The molecule has 0 aliphatic carbocycles. The number of carbonyl (C=O) groups excluding carboxylic acids is 1. The Morgan fingerprint density at radius 1 is 1.42 bits per heavy atom. The molecule has 1 aromatic heterocycles. The van der Waals surface area contributed by atoms with E-state index in [1.165, 1.54) is 0 Å². The highest BCUT2D eigenvalue weighted by Crippen LogP contribution is 2.05. The minimum Gasteiger partial charge on any atom is -0.382 e. The lowest BCUT2D eigenvalue weighted by molar-refractivity contribution is -0.127. The Bertz CT molecular complexity index is 491. The van der Waals surface area contributed by atoms with Crippen LogP contribution in [0.2, 0.25) is 0 Å². The minimum absolute atomic E-state index is 0.0167. The maximum atomic E-state index is 11.8. The highest BCUT2D eigenvalue weighted by molar-refractivity contribution is 7.09. The molecule has 0 saturated carbocycles. The fourth-order valence-electron chi connectivity index (χ4n) is 1.86. The highest BCUT2D eigenvalue weighted by Gasteiger charge is 2.09. The van der Waals surface area contributed by atoms with Gasteiger partial charge < -0.3 is 19.9 Å². The van der Waals surface area contributed by atoms with Crippen LogP contribution in [0.25, 0.3) is 0 Å². The van der Waals surface area contributed by atoms with Crippen LogP contribution in [0.4, 0.5) is 0 Å². The number of nitrogens with one attached hydrogen (secondary N) is 1. The second-order valence-electron chi connectivity index (χ2n) is 5.50. The van der Waals surface area contributed by atoms with Gasteiger partial charge in [-0.2, -0.15) is 0 Å². The van der Waals surface area contributed by atoms with E-state index in [0.717, 1.165) is 50.1 Å². The van der Waals surface area contributed by atoms with Crippen LogP contribution in [0.3, 0.4) is 0 Å². The van der Waals surface area contributed by atoms with E-state index in [-0.39, 0.29) is 12.5 Å². The van der Waals surface area contributed by atoms with Gasteiger partial charge in [0.05, 0.1) is 5.01 Å². The van der Waals surface area contributed by atoms with Crippen LogP contribution in [-0.4, -0.2) is 80.6 Å². The van der Waals surface area contributed by atoms with Crippen LogP contribution >= 0.6 is 11.3 Å². The van der Waals surface area contributed by atoms with Gasteiger partial charge in [-0.1, -0.05) is 0 Å². The van der Waals surface area contributed by atoms with Gasteiger partial charge in [0.15, 0.2) is 5.96 Å².